The van der Waals surface area contributed by atoms with Crippen LogP contribution in [0.15, 0.2) is 18.2 Å². The van der Waals surface area contributed by atoms with Gasteiger partial charge in [0.2, 0.25) is 0 Å². The van der Waals surface area contributed by atoms with Crippen molar-refractivity contribution in [2.75, 3.05) is 7.11 Å². The lowest BCUT2D eigenvalue weighted by molar-refractivity contribution is 0.0919. The second-order valence-electron chi connectivity index (χ2n) is 6.51. The number of ketones is 1. The number of ether oxygens (including phenoxy) is 1. The molecule has 1 saturated carbocycles. The minimum absolute atomic E-state index is 0.0526. The summed E-state index contributed by atoms with van der Waals surface area (Å²) in [5.41, 5.74) is 2.01. The number of benzene rings is 1. The monoisotopic (exact) mass is 260 g/mol. The van der Waals surface area contributed by atoms with Crippen LogP contribution < -0.4 is 4.74 Å². The SMILES string of the molecule is COc1ccc(C(C)(C)C)cc1C(=O)C1CCCC1. The first-order valence-corrected chi connectivity index (χ1v) is 7.16. The Morgan fingerprint density at radius 3 is 2.37 bits per heavy atom. The number of carbonyl (C=O) groups is 1. The molecule has 0 heterocycles. The summed E-state index contributed by atoms with van der Waals surface area (Å²) in [6.45, 7) is 6.50. The van der Waals surface area contributed by atoms with E-state index in [4.69, 9.17) is 4.74 Å². The smallest absolute Gasteiger partial charge is 0.169 e. The van der Waals surface area contributed by atoms with Gasteiger partial charge in [-0.3, -0.25) is 4.79 Å². The molecular formula is C17H24O2. The number of hydrogen-bond acceptors (Lipinski definition) is 2. The molecule has 1 aliphatic rings. The number of rotatable bonds is 3. The van der Waals surface area contributed by atoms with Gasteiger partial charge in [-0.25, -0.2) is 0 Å². The van der Waals surface area contributed by atoms with Crippen molar-refractivity contribution < 1.29 is 9.53 Å². The highest BCUT2D eigenvalue weighted by atomic mass is 16.5. The molecule has 0 unspecified atom stereocenters. The summed E-state index contributed by atoms with van der Waals surface area (Å²) in [6.07, 6.45) is 4.42. The largest absolute Gasteiger partial charge is 0.496 e. The first-order valence-electron chi connectivity index (χ1n) is 7.16. The molecule has 0 spiro atoms. The van der Waals surface area contributed by atoms with E-state index < -0.39 is 0 Å². The van der Waals surface area contributed by atoms with Crippen molar-refractivity contribution in [3.63, 3.8) is 0 Å². The Balaban J connectivity index is 2.38. The van der Waals surface area contributed by atoms with Crippen LogP contribution in [0.25, 0.3) is 0 Å². The molecule has 0 amide bonds. The highest BCUT2D eigenvalue weighted by molar-refractivity contribution is 6.00. The van der Waals surface area contributed by atoms with Crippen LogP contribution in [-0.2, 0) is 5.41 Å². The van der Waals surface area contributed by atoms with Crippen molar-refractivity contribution in [2.24, 2.45) is 5.92 Å². The molecule has 2 nitrogen and oxygen atoms in total. The summed E-state index contributed by atoms with van der Waals surface area (Å²) in [6, 6.07) is 6.02. The van der Waals surface area contributed by atoms with Crippen molar-refractivity contribution >= 4 is 5.78 Å². The maximum absolute atomic E-state index is 12.6. The molecule has 1 aromatic carbocycles. The second kappa shape index (κ2) is 5.36. The molecule has 0 aliphatic heterocycles. The van der Waals surface area contributed by atoms with Gasteiger partial charge in [-0.15, -0.1) is 0 Å². The molecule has 1 aliphatic carbocycles. The topological polar surface area (TPSA) is 26.3 Å². The Morgan fingerprint density at radius 2 is 1.84 bits per heavy atom. The van der Waals surface area contributed by atoms with E-state index in [0.717, 1.165) is 18.4 Å². The minimum Gasteiger partial charge on any atom is -0.496 e. The van der Waals surface area contributed by atoms with Gasteiger partial charge in [0.15, 0.2) is 5.78 Å². The molecule has 104 valence electrons. The van der Waals surface area contributed by atoms with Crippen molar-refractivity contribution in [1.82, 2.24) is 0 Å². The van der Waals surface area contributed by atoms with Crippen LogP contribution in [0.5, 0.6) is 5.75 Å². The molecule has 0 bridgehead atoms. The summed E-state index contributed by atoms with van der Waals surface area (Å²) in [4.78, 5) is 12.6. The lowest BCUT2D eigenvalue weighted by atomic mass is 9.84. The number of Topliss-reactive ketones (excluding diaryl/α,β-unsaturated/α-hetero) is 1. The van der Waals surface area contributed by atoms with Crippen LogP contribution in [-0.4, -0.2) is 12.9 Å². The molecule has 2 rings (SSSR count). The third kappa shape index (κ3) is 2.99. The van der Waals surface area contributed by atoms with Crippen LogP contribution in [0.2, 0.25) is 0 Å². The lowest BCUT2D eigenvalue weighted by Crippen LogP contribution is -2.16. The van der Waals surface area contributed by atoms with E-state index >= 15 is 0 Å². The molecule has 0 radical (unpaired) electrons. The average molecular weight is 260 g/mol. The summed E-state index contributed by atoms with van der Waals surface area (Å²) in [5.74, 6) is 1.18. The summed E-state index contributed by atoms with van der Waals surface area (Å²) >= 11 is 0. The van der Waals surface area contributed by atoms with Crippen molar-refractivity contribution in [2.45, 2.75) is 51.9 Å². The van der Waals surface area contributed by atoms with Gasteiger partial charge in [-0.1, -0.05) is 39.7 Å². The fraction of sp³-hybridized carbons (Fsp3) is 0.588. The van der Waals surface area contributed by atoms with E-state index in [-0.39, 0.29) is 17.1 Å². The zero-order valence-electron chi connectivity index (χ0n) is 12.5. The summed E-state index contributed by atoms with van der Waals surface area (Å²) in [5, 5.41) is 0. The van der Waals surface area contributed by atoms with Crippen molar-refractivity contribution in [3.05, 3.63) is 29.3 Å². The number of hydrogen-bond donors (Lipinski definition) is 0. The van der Waals surface area contributed by atoms with E-state index in [1.165, 1.54) is 18.4 Å². The van der Waals surface area contributed by atoms with Gasteiger partial charge < -0.3 is 4.74 Å². The fourth-order valence-electron chi connectivity index (χ4n) is 2.77. The zero-order valence-corrected chi connectivity index (χ0v) is 12.5. The maximum atomic E-state index is 12.6. The second-order valence-corrected chi connectivity index (χ2v) is 6.51. The quantitative estimate of drug-likeness (QED) is 0.754. The van der Waals surface area contributed by atoms with Crippen LogP contribution in [0.3, 0.4) is 0 Å². The first kappa shape index (κ1) is 14.1. The lowest BCUT2D eigenvalue weighted by Gasteiger charge is -2.21. The normalized spacial score (nSPS) is 16.6. The Morgan fingerprint density at radius 1 is 1.21 bits per heavy atom. The molecule has 0 N–H and O–H groups in total. The van der Waals surface area contributed by atoms with Crippen LogP contribution >= 0.6 is 0 Å². The molecule has 1 aromatic rings. The van der Waals surface area contributed by atoms with Gasteiger partial charge in [0.1, 0.15) is 5.75 Å². The van der Waals surface area contributed by atoms with Crippen molar-refractivity contribution in [1.29, 1.82) is 0 Å². The molecule has 2 heteroatoms. The molecule has 1 fully saturated rings. The number of methoxy groups -OCH3 is 1. The molecule has 19 heavy (non-hydrogen) atoms. The van der Waals surface area contributed by atoms with Gasteiger partial charge in [0.25, 0.3) is 0 Å². The standard InChI is InChI=1S/C17H24O2/c1-17(2,3)13-9-10-15(19-4)14(11-13)16(18)12-7-5-6-8-12/h9-12H,5-8H2,1-4H3. The predicted molar refractivity (Wildman–Crippen MR) is 78.0 cm³/mol. The molecular weight excluding hydrogens is 236 g/mol. The van der Waals surface area contributed by atoms with E-state index in [9.17, 15) is 4.79 Å². The summed E-state index contributed by atoms with van der Waals surface area (Å²) < 4.78 is 5.37. The first-order chi connectivity index (χ1) is 8.93. The zero-order chi connectivity index (χ0) is 14.0. The minimum atomic E-state index is 0.0526. The third-order valence-electron chi connectivity index (χ3n) is 4.06. The average Bonchev–Trinajstić information content (AvgIpc) is 2.90. The Hall–Kier alpha value is -1.31. The maximum Gasteiger partial charge on any atom is 0.169 e. The van der Waals surface area contributed by atoms with E-state index in [0.29, 0.717) is 5.75 Å². The third-order valence-corrected chi connectivity index (χ3v) is 4.06. The highest BCUT2D eigenvalue weighted by Gasteiger charge is 2.27. The van der Waals surface area contributed by atoms with Gasteiger partial charge in [0.05, 0.1) is 12.7 Å². The van der Waals surface area contributed by atoms with Gasteiger partial charge in [-0.2, -0.15) is 0 Å². The highest BCUT2D eigenvalue weighted by Crippen LogP contribution is 2.33. The Kier molecular flexibility index (Phi) is 3.98. The fourth-order valence-corrected chi connectivity index (χ4v) is 2.77. The van der Waals surface area contributed by atoms with Crippen LogP contribution in [0.1, 0.15) is 62.4 Å². The van der Waals surface area contributed by atoms with E-state index in [2.05, 4.69) is 26.8 Å². The summed E-state index contributed by atoms with van der Waals surface area (Å²) in [7, 11) is 1.64. The van der Waals surface area contributed by atoms with Crippen LogP contribution in [0, 0.1) is 5.92 Å². The predicted octanol–water partition coefficient (Wildman–Crippen LogP) is 4.37. The Bertz CT molecular complexity index is 463. The van der Waals surface area contributed by atoms with E-state index in [1.807, 2.05) is 12.1 Å². The number of carbonyl (C=O) groups excluding carboxylic acids is 1. The molecule has 0 saturated heterocycles. The molecule has 0 atom stereocenters. The van der Waals surface area contributed by atoms with Gasteiger partial charge in [0, 0.05) is 5.92 Å². The van der Waals surface area contributed by atoms with Crippen molar-refractivity contribution in [3.8, 4) is 5.75 Å². The van der Waals surface area contributed by atoms with Gasteiger partial charge in [-0.05, 0) is 36.0 Å². The van der Waals surface area contributed by atoms with Gasteiger partial charge >= 0.3 is 0 Å². The molecule has 0 aromatic heterocycles. The van der Waals surface area contributed by atoms with E-state index in [1.54, 1.807) is 7.11 Å². The Labute approximate surface area is 116 Å². The van der Waals surface area contributed by atoms with Crippen LogP contribution in [0.4, 0.5) is 0 Å².